The average molecular weight is 278 g/mol. The maximum Gasteiger partial charge on any atom is 0.271 e. The molecule has 6 heteroatoms. The van der Waals surface area contributed by atoms with E-state index in [2.05, 4.69) is 20.8 Å². The van der Waals surface area contributed by atoms with Gasteiger partial charge in [0.1, 0.15) is 5.82 Å². The highest BCUT2D eigenvalue weighted by atomic mass is 16.5. The molecule has 0 unspecified atom stereocenters. The summed E-state index contributed by atoms with van der Waals surface area (Å²) in [6.07, 6.45) is 3.59. The van der Waals surface area contributed by atoms with Crippen molar-refractivity contribution in [2.75, 3.05) is 31.6 Å². The molecule has 0 saturated heterocycles. The van der Waals surface area contributed by atoms with Crippen LogP contribution in [-0.2, 0) is 4.74 Å². The summed E-state index contributed by atoms with van der Waals surface area (Å²) in [7, 11) is 0. The Labute approximate surface area is 119 Å². The van der Waals surface area contributed by atoms with E-state index in [1.807, 2.05) is 6.92 Å². The van der Waals surface area contributed by atoms with E-state index in [4.69, 9.17) is 4.74 Å². The summed E-state index contributed by atoms with van der Waals surface area (Å²) in [6, 6.07) is 3.44. The van der Waals surface area contributed by atoms with Gasteiger partial charge in [0.05, 0.1) is 0 Å². The SMILES string of the molecule is CCNC(=O)c1ccc(NCCCOCC2CC2)nn1. The fourth-order valence-electron chi connectivity index (χ4n) is 1.72. The second-order valence-corrected chi connectivity index (χ2v) is 4.96. The number of carbonyl (C=O) groups excluding carboxylic acids is 1. The molecule has 0 bridgehead atoms. The molecule has 6 nitrogen and oxygen atoms in total. The molecular formula is C14H22N4O2. The summed E-state index contributed by atoms with van der Waals surface area (Å²) < 4.78 is 5.54. The van der Waals surface area contributed by atoms with E-state index in [-0.39, 0.29) is 5.91 Å². The summed E-state index contributed by atoms with van der Waals surface area (Å²) >= 11 is 0. The smallest absolute Gasteiger partial charge is 0.271 e. The van der Waals surface area contributed by atoms with Gasteiger partial charge in [0.2, 0.25) is 0 Å². The first-order chi connectivity index (χ1) is 9.79. The lowest BCUT2D eigenvalue weighted by Gasteiger charge is -2.06. The van der Waals surface area contributed by atoms with Crippen LogP contribution < -0.4 is 10.6 Å². The predicted octanol–water partition coefficient (Wildman–Crippen LogP) is 1.45. The Hall–Kier alpha value is -1.69. The maximum absolute atomic E-state index is 11.5. The van der Waals surface area contributed by atoms with Crippen molar-refractivity contribution in [1.29, 1.82) is 0 Å². The van der Waals surface area contributed by atoms with E-state index < -0.39 is 0 Å². The number of aromatic nitrogens is 2. The summed E-state index contributed by atoms with van der Waals surface area (Å²) in [5.41, 5.74) is 0.338. The first-order valence-corrected chi connectivity index (χ1v) is 7.23. The Balaban J connectivity index is 1.61. The van der Waals surface area contributed by atoms with Gasteiger partial charge in [-0.05, 0) is 44.2 Å². The third-order valence-electron chi connectivity index (χ3n) is 3.06. The van der Waals surface area contributed by atoms with Crippen molar-refractivity contribution >= 4 is 11.7 Å². The first-order valence-electron chi connectivity index (χ1n) is 7.23. The molecule has 1 saturated carbocycles. The van der Waals surface area contributed by atoms with E-state index in [9.17, 15) is 4.79 Å². The number of carbonyl (C=O) groups is 1. The lowest BCUT2D eigenvalue weighted by molar-refractivity contribution is 0.0950. The van der Waals surface area contributed by atoms with Gasteiger partial charge in [-0.2, -0.15) is 0 Å². The molecule has 1 heterocycles. The van der Waals surface area contributed by atoms with Gasteiger partial charge in [0, 0.05) is 26.3 Å². The van der Waals surface area contributed by atoms with Crippen LogP contribution in [0.5, 0.6) is 0 Å². The number of rotatable bonds is 9. The van der Waals surface area contributed by atoms with Crippen molar-refractivity contribution in [2.45, 2.75) is 26.2 Å². The predicted molar refractivity (Wildman–Crippen MR) is 76.7 cm³/mol. The Morgan fingerprint density at radius 1 is 1.40 bits per heavy atom. The second-order valence-electron chi connectivity index (χ2n) is 4.96. The van der Waals surface area contributed by atoms with E-state index in [1.54, 1.807) is 12.1 Å². The zero-order valence-electron chi connectivity index (χ0n) is 11.9. The molecule has 2 N–H and O–H groups in total. The fraction of sp³-hybridized carbons (Fsp3) is 0.643. The minimum Gasteiger partial charge on any atom is -0.381 e. The molecule has 0 radical (unpaired) electrons. The number of hydrogen-bond donors (Lipinski definition) is 2. The molecule has 1 aliphatic rings. The highest BCUT2D eigenvalue weighted by Crippen LogP contribution is 2.28. The molecule has 0 spiro atoms. The quantitative estimate of drug-likeness (QED) is 0.669. The molecule has 2 rings (SSSR count). The Bertz CT molecular complexity index is 418. The minimum absolute atomic E-state index is 0.194. The number of nitrogens with zero attached hydrogens (tertiary/aromatic N) is 2. The molecule has 1 aromatic heterocycles. The molecule has 20 heavy (non-hydrogen) atoms. The number of amides is 1. The Morgan fingerprint density at radius 2 is 2.25 bits per heavy atom. The number of nitrogens with one attached hydrogen (secondary N) is 2. The third-order valence-corrected chi connectivity index (χ3v) is 3.06. The average Bonchev–Trinajstić information content (AvgIpc) is 3.28. The van der Waals surface area contributed by atoms with Gasteiger partial charge < -0.3 is 15.4 Å². The molecule has 0 aromatic carbocycles. The summed E-state index contributed by atoms with van der Waals surface area (Å²) in [5.74, 6) is 1.30. The molecule has 1 aliphatic carbocycles. The minimum atomic E-state index is -0.194. The topological polar surface area (TPSA) is 76.1 Å². The Morgan fingerprint density at radius 3 is 2.90 bits per heavy atom. The molecule has 1 fully saturated rings. The van der Waals surface area contributed by atoms with Crippen LogP contribution >= 0.6 is 0 Å². The molecule has 1 amide bonds. The van der Waals surface area contributed by atoms with Crippen molar-refractivity contribution in [1.82, 2.24) is 15.5 Å². The Kier molecular flexibility index (Phi) is 5.73. The highest BCUT2D eigenvalue weighted by molar-refractivity contribution is 5.92. The standard InChI is InChI=1S/C14H22N4O2/c1-2-15-14(19)12-6-7-13(18-17-12)16-8-3-9-20-10-11-4-5-11/h6-7,11H,2-5,8-10H2,1H3,(H,15,19)(H,16,18). The van der Waals surface area contributed by atoms with Gasteiger partial charge >= 0.3 is 0 Å². The molecule has 0 atom stereocenters. The monoisotopic (exact) mass is 278 g/mol. The van der Waals surface area contributed by atoms with Crippen LogP contribution in [0.15, 0.2) is 12.1 Å². The van der Waals surface area contributed by atoms with E-state index in [0.29, 0.717) is 18.1 Å². The first kappa shape index (κ1) is 14.7. The molecule has 0 aliphatic heterocycles. The zero-order valence-corrected chi connectivity index (χ0v) is 11.9. The zero-order chi connectivity index (χ0) is 14.2. The normalized spacial score (nSPS) is 14.1. The van der Waals surface area contributed by atoms with Crippen molar-refractivity contribution < 1.29 is 9.53 Å². The lowest BCUT2D eigenvalue weighted by atomic mass is 10.3. The van der Waals surface area contributed by atoms with Crippen LogP contribution in [-0.4, -0.2) is 42.4 Å². The highest BCUT2D eigenvalue weighted by Gasteiger charge is 2.20. The van der Waals surface area contributed by atoms with Crippen LogP contribution in [0.4, 0.5) is 5.82 Å². The van der Waals surface area contributed by atoms with Gasteiger partial charge in [-0.3, -0.25) is 4.79 Å². The van der Waals surface area contributed by atoms with E-state index in [1.165, 1.54) is 12.8 Å². The summed E-state index contributed by atoms with van der Waals surface area (Å²) in [6.45, 7) is 4.92. The lowest BCUT2D eigenvalue weighted by Crippen LogP contribution is -2.24. The third kappa shape index (κ3) is 5.13. The van der Waals surface area contributed by atoms with Crippen LogP contribution in [0.3, 0.4) is 0 Å². The van der Waals surface area contributed by atoms with Crippen LogP contribution in [0.1, 0.15) is 36.7 Å². The molecule has 110 valence electrons. The van der Waals surface area contributed by atoms with Crippen molar-refractivity contribution in [3.63, 3.8) is 0 Å². The van der Waals surface area contributed by atoms with Gasteiger partial charge in [0.25, 0.3) is 5.91 Å². The molecule has 1 aromatic rings. The van der Waals surface area contributed by atoms with E-state index in [0.717, 1.165) is 32.1 Å². The van der Waals surface area contributed by atoms with Crippen molar-refractivity contribution in [3.05, 3.63) is 17.8 Å². The number of ether oxygens (including phenoxy) is 1. The fourth-order valence-corrected chi connectivity index (χ4v) is 1.72. The molecular weight excluding hydrogens is 256 g/mol. The second kappa shape index (κ2) is 7.79. The van der Waals surface area contributed by atoms with Gasteiger partial charge in [-0.15, -0.1) is 10.2 Å². The maximum atomic E-state index is 11.5. The van der Waals surface area contributed by atoms with Crippen molar-refractivity contribution in [2.24, 2.45) is 5.92 Å². The number of hydrogen-bond acceptors (Lipinski definition) is 5. The van der Waals surface area contributed by atoms with Crippen molar-refractivity contribution in [3.8, 4) is 0 Å². The summed E-state index contributed by atoms with van der Waals surface area (Å²) in [4.78, 5) is 11.5. The summed E-state index contributed by atoms with van der Waals surface area (Å²) in [5, 5.41) is 13.7. The van der Waals surface area contributed by atoms with Crippen LogP contribution in [0, 0.1) is 5.92 Å². The van der Waals surface area contributed by atoms with Crippen LogP contribution in [0.2, 0.25) is 0 Å². The van der Waals surface area contributed by atoms with Gasteiger partial charge in [0.15, 0.2) is 5.69 Å². The van der Waals surface area contributed by atoms with Gasteiger partial charge in [-0.1, -0.05) is 0 Å². The number of anilines is 1. The largest absolute Gasteiger partial charge is 0.381 e. The van der Waals surface area contributed by atoms with E-state index >= 15 is 0 Å². The van der Waals surface area contributed by atoms with Gasteiger partial charge in [-0.25, -0.2) is 0 Å². The van der Waals surface area contributed by atoms with Crippen LogP contribution in [0.25, 0.3) is 0 Å².